The summed E-state index contributed by atoms with van der Waals surface area (Å²) in [5.41, 5.74) is 14.7. The molecule has 21 nitrogen and oxygen atoms in total. The molecule has 0 bridgehead atoms. The first-order valence-electron chi connectivity index (χ1n) is 29.6. The Labute approximate surface area is 507 Å². The van der Waals surface area contributed by atoms with Gasteiger partial charge in [-0.05, 0) is 92.0 Å². The average molecular weight is 1210 g/mol. The van der Waals surface area contributed by atoms with E-state index in [1.54, 1.807) is 60.7 Å². The zero-order chi connectivity index (χ0) is 60.5. The molecule has 5 aromatic carbocycles. The number of anilines is 1. The number of guanidine groups is 1. The minimum absolute atomic E-state index is 0.0114. The lowest BCUT2D eigenvalue weighted by Crippen LogP contribution is -2.59. The van der Waals surface area contributed by atoms with Crippen molar-refractivity contribution >= 4 is 66.6 Å². The number of para-hydroxylation sites is 3. The van der Waals surface area contributed by atoms with E-state index in [1.807, 2.05) is 96.7 Å². The lowest BCUT2D eigenvalue weighted by Gasteiger charge is -2.31. The number of carbonyl (C=O) groups is 6. The summed E-state index contributed by atoms with van der Waals surface area (Å²) in [5.74, 6) is -2.92. The number of unbranched alkanes of at least 4 members (excludes halogenated alkanes) is 3. The molecule has 0 aliphatic carbocycles. The number of hydrogen-bond donors (Lipinski definition) is 10. The molecule has 0 radical (unpaired) electrons. The van der Waals surface area contributed by atoms with Gasteiger partial charge in [-0.3, -0.25) is 29.0 Å². The maximum atomic E-state index is 15.5. The summed E-state index contributed by atoms with van der Waals surface area (Å²) >= 11 is 1.86. The van der Waals surface area contributed by atoms with E-state index in [0.29, 0.717) is 44.0 Å². The maximum Gasteiger partial charge on any atom is 0.452 e. The number of nitrogens with zero attached hydrogens (tertiary/aromatic N) is 1. The van der Waals surface area contributed by atoms with E-state index in [-0.39, 0.29) is 105 Å². The average Bonchev–Trinajstić information content (AvgIpc) is 2.76. The smallest absolute Gasteiger partial charge is 0.415 e. The molecule has 3 heterocycles. The van der Waals surface area contributed by atoms with Gasteiger partial charge in [0.15, 0.2) is 11.7 Å². The standard InChI is InChI=1S/C63H80N11O10PS/c64-62(65)67-36-20-34-57(85(81,83-46-25-10-3-11-26-46)84-47-27-12-4-13-28-47)73-60(78)51(38-45-39-68-49-30-16-15-29-48(45)49)70-61(79)52(41-82-40-44-23-8-2-9-24-44)71-59(77)50(37-43-21-6-1-7-22-43)69-56(76)33-14-5-19-35-66-55(75)32-18-17-31-54-58-53(42-86-54)72-63(80)74-58/h1-4,6-13,15-16,21-30,45,50-54,57-58,68H,5,14,17-20,31-42H2,(H,66,75)(H,69,76)(H,70,79)(H,71,77)(H,73,78)(H4,64,65,67)(H2,72,74,80)/t45-,50-,51+,52+,53+,54-,57-,58+/m1/s1. The molecule has 8 atom stereocenters. The number of thioether (sulfide) groups is 1. The summed E-state index contributed by atoms with van der Waals surface area (Å²) in [6.07, 6.45) is 5.33. The number of fused-ring (bicyclic) bond motifs is 2. The van der Waals surface area contributed by atoms with Crippen molar-refractivity contribution in [3.05, 3.63) is 162 Å². The zero-order valence-electron chi connectivity index (χ0n) is 48.2. The van der Waals surface area contributed by atoms with Gasteiger partial charge < -0.3 is 67.8 Å². The molecule has 0 unspecified atom stereocenters. The summed E-state index contributed by atoms with van der Waals surface area (Å²) < 4.78 is 34.1. The van der Waals surface area contributed by atoms with Gasteiger partial charge in [0.2, 0.25) is 29.5 Å². The number of urea groups is 1. The van der Waals surface area contributed by atoms with E-state index >= 15 is 14.2 Å². The molecule has 8 rings (SSSR count). The molecule has 0 aromatic heterocycles. The van der Waals surface area contributed by atoms with Crippen LogP contribution in [0.1, 0.15) is 93.2 Å². The van der Waals surface area contributed by atoms with Crippen LogP contribution in [0.2, 0.25) is 0 Å². The summed E-state index contributed by atoms with van der Waals surface area (Å²) in [7, 11) is -4.42. The lowest BCUT2D eigenvalue weighted by molar-refractivity contribution is -0.135. The van der Waals surface area contributed by atoms with Crippen LogP contribution in [0.15, 0.2) is 151 Å². The van der Waals surface area contributed by atoms with Gasteiger partial charge in [-0.15, -0.1) is 0 Å². The summed E-state index contributed by atoms with van der Waals surface area (Å²) in [6.45, 7) is 0.795. The van der Waals surface area contributed by atoms with Crippen LogP contribution in [0.25, 0.3) is 0 Å². The van der Waals surface area contributed by atoms with Crippen molar-refractivity contribution in [1.82, 2.24) is 37.2 Å². The first-order valence-corrected chi connectivity index (χ1v) is 32.2. The zero-order valence-corrected chi connectivity index (χ0v) is 50.0. The Balaban J connectivity index is 0.954. The molecule has 3 aliphatic rings. The lowest BCUT2D eigenvalue weighted by atomic mass is 9.93. The fourth-order valence-electron chi connectivity index (χ4n) is 10.7. The van der Waals surface area contributed by atoms with Crippen LogP contribution in [-0.4, -0.2) is 115 Å². The number of amides is 7. The Morgan fingerprint density at radius 2 is 1.26 bits per heavy atom. The number of nitrogens with two attached hydrogens (primary N) is 2. The van der Waals surface area contributed by atoms with Crippen LogP contribution in [0.3, 0.4) is 0 Å². The molecule has 86 heavy (non-hydrogen) atoms. The normalized spacial score (nSPS) is 18.0. The highest BCUT2D eigenvalue weighted by Crippen LogP contribution is 2.53. The summed E-state index contributed by atoms with van der Waals surface area (Å²) in [5, 5.41) is 24.4. The molecule has 23 heteroatoms. The number of nitrogens with one attached hydrogen (secondary N) is 8. The second-order valence-corrected chi connectivity index (χ2v) is 25.0. The van der Waals surface area contributed by atoms with Gasteiger partial charge in [0.05, 0.1) is 25.3 Å². The van der Waals surface area contributed by atoms with Crippen molar-refractivity contribution < 1.29 is 47.1 Å². The maximum absolute atomic E-state index is 15.5. The van der Waals surface area contributed by atoms with Gasteiger partial charge in [-0.1, -0.05) is 128 Å². The van der Waals surface area contributed by atoms with Gasteiger partial charge in [0.1, 0.15) is 29.6 Å². The number of ether oxygens (including phenoxy) is 1. The van der Waals surface area contributed by atoms with Crippen LogP contribution in [-0.2, 0) is 46.3 Å². The van der Waals surface area contributed by atoms with E-state index in [2.05, 4.69) is 47.5 Å². The number of carbonyl (C=O) groups excluding carboxylic acids is 6. The van der Waals surface area contributed by atoms with E-state index < -0.39 is 49.2 Å². The highest BCUT2D eigenvalue weighted by Gasteiger charge is 2.44. The van der Waals surface area contributed by atoms with Gasteiger partial charge >= 0.3 is 13.6 Å². The monoisotopic (exact) mass is 1210 g/mol. The second kappa shape index (κ2) is 33.0. The van der Waals surface area contributed by atoms with Gasteiger partial charge in [0, 0.05) is 61.5 Å². The second-order valence-electron chi connectivity index (χ2n) is 21.7. The third kappa shape index (κ3) is 20.0. The van der Waals surface area contributed by atoms with E-state index in [9.17, 15) is 19.2 Å². The molecule has 3 aliphatic heterocycles. The van der Waals surface area contributed by atoms with Gasteiger partial charge in [-0.2, -0.15) is 11.8 Å². The molecule has 458 valence electrons. The minimum atomic E-state index is -4.42. The predicted octanol–water partition coefficient (Wildman–Crippen LogP) is 6.75. The Hall–Kier alpha value is -8.07. The fourth-order valence-corrected chi connectivity index (χ4v) is 14.1. The van der Waals surface area contributed by atoms with Crippen LogP contribution >= 0.6 is 19.4 Å². The number of aliphatic imine (C=N–C) groups is 1. The number of rotatable bonds is 35. The van der Waals surface area contributed by atoms with E-state index in [1.165, 1.54) is 0 Å². The minimum Gasteiger partial charge on any atom is -0.415 e. The van der Waals surface area contributed by atoms with Crippen molar-refractivity contribution in [3.8, 4) is 11.5 Å². The predicted molar refractivity (Wildman–Crippen MR) is 333 cm³/mol. The Kier molecular flexibility index (Phi) is 24.5. The number of hydrogen-bond acceptors (Lipinski definition) is 13. The van der Waals surface area contributed by atoms with Crippen molar-refractivity contribution in [2.75, 3.05) is 37.3 Å². The van der Waals surface area contributed by atoms with Gasteiger partial charge in [0.25, 0.3) is 0 Å². The van der Waals surface area contributed by atoms with Crippen LogP contribution in [0.4, 0.5) is 10.5 Å². The molecule has 0 spiro atoms. The third-order valence-corrected chi connectivity index (χ3v) is 18.7. The summed E-state index contributed by atoms with van der Waals surface area (Å²) in [4.78, 5) is 87.1. The number of benzene rings is 5. The van der Waals surface area contributed by atoms with E-state index in [0.717, 1.165) is 47.4 Å². The third-order valence-electron chi connectivity index (χ3n) is 15.1. The molecule has 2 saturated heterocycles. The van der Waals surface area contributed by atoms with Crippen LogP contribution in [0.5, 0.6) is 11.5 Å². The first-order chi connectivity index (χ1) is 41.8. The Morgan fingerprint density at radius 3 is 1.95 bits per heavy atom. The van der Waals surface area contributed by atoms with Gasteiger partial charge in [-0.25, -0.2) is 9.36 Å². The van der Waals surface area contributed by atoms with Crippen LogP contribution < -0.4 is 63.0 Å². The van der Waals surface area contributed by atoms with Crippen LogP contribution in [0, 0.1) is 0 Å². The fraction of sp³-hybridized carbons (Fsp3) is 0.413. The molecular formula is C63H80N11O10PS. The molecule has 0 saturated carbocycles. The highest BCUT2D eigenvalue weighted by molar-refractivity contribution is 8.00. The summed E-state index contributed by atoms with van der Waals surface area (Å²) in [6, 6.07) is 39.5. The van der Waals surface area contributed by atoms with Crippen molar-refractivity contribution in [1.29, 1.82) is 0 Å². The molecule has 12 N–H and O–H groups in total. The van der Waals surface area contributed by atoms with E-state index in [4.69, 9.17) is 25.3 Å². The SMILES string of the molecule is NC(N)=NCCC[C@H](NC(=O)[C@H](C[C@@H]1CNc2ccccc21)NC(=O)[C@H](COCc1ccccc1)NC(=O)[C@@H](Cc1ccccc1)NC(=O)CCCCCNC(=O)CCCC[C@H]1SC[C@@H]2NC(=O)N[C@@H]21)P(=O)(Oc1ccccc1)Oc1ccccc1. The molecular weight excluding hydrogens is 1130 g/mol. The van der Waals surface area contributed by atoms with Crippen molar-refractivity contribution in [2.24, 2.45) is 16.5 Å². The molecule has 7 amide bonds. The highest BCUT2D eigenvalue weighted by atomic mass is 32.2. The Morgan fingerprint density at radius 1 is 0.651 bits per heavy atom. The largest absolute Gasteiger partial charge is 0.452 e. The first kappa shape index (κ1) is 63.9. The topological polar surface area (TPSA) is 308 Å². The van der Waals surface area contributed by atoms with Crippen molar-refractivity contribution in [3.63, 3.8) is 0 Å². The Bertz CT molecular complexity index is 3030. The quantitative estimate of drug-likeness (QED) is 0.00660. The molecule has 2 fully saturated rings. The molecule has 5 aromatic rings. The van der Waals surface area contributed by atoms with Crippen molar-refractivity contribution in [2.45, 2.75) is 131 Å².